The first kappa shape index (κ1) is 15.3. The second kappa shape index (κ2) is 8.26. The van der Waals surface area contributed by atoms with Crippen LogP contribution in [0.3, 0.4) is 0 Å². The molecule has 1 aliphatic carbocycles. The highest BCUT2D eigenvalue weighted by Crippen LogP contribution is 2.29. The van der Waals surface area contributed by atoms with Gasteiger partial charge in [0.05, 0.1) is 0 Å². The van der Waals surface area contributed by atoms with E-state index in [1.807, 2.05) is 0 Å². The molecule has 1 saturated heterocycles. The second-order valence-electron chi connectivity index (χ2n) is 6.61. The van der Waals surface area contributed by atoms with E-state index >= 15 is 0 Å². The van der Waals surface area contributed by atoms with E-state index in [2.05, 4.69) is 24.1 Å². The quantitative estimate of drug-likeness (QED) is 0.810. The number of hydrogen-bond acceptors (Lipinski definition) is 2. The van der Waals surface area contributed by atoms with E-state index in [1.54, 1.807) is 0 Å². The van der Waals surface area contributed by atoms with E-state index in [9.17, 15) is 0 Å². The lowest BCUT2D eigenvalue weighted by Gasteiger charge is -2.40. The molecule has 1 atom stereocenters. The number of hydrogen-bond donors (Lipinski definition) is 1. The third kappa shape index (κ3) is 4.46. The van der Waals surface area contributed by atoms with E-state index in [4.69, 9.17) is 0 Å². The Morgan fingerprint density at radius 3 is 2.42 bits per heavy atom. The number of rotatable bonds is 5. The van der Waals surface area contributed by atoms with Crippen LogP contribution in [0.15, 0.2) is 0 Å². The average Bonchev–Trinajstić information content (AvgIpc) is 2.70. The molecule has 2 heteroatoms. The summed E-state index contributed by atoms with van der Waals surface area (Å²) in [6, 6.07) is 2.58. The fraction of sp³-hybridized carbons (Fsp3) is 1.00. The standard InChI is InChI=1S/C17H34N2/c1-3-13-18-15-9-11-17(12-10-15)19-14-7-5-6-8-16(19)4-2/h15-18H,3-14H2,1-2H3. The van der Waals surface area contributed by atoms with Gasteiger partial charge in [-0.3, -0.25) is 4.90 Å². The maximum atomic E-state index is 3.71. The number of likely N-dealkylation sites (tertiary alicyclic amines) is 1. The Balaban J connectivity index is 1.81. The summed E-state index contributed by atoms with van der Waals surface area (Å²) >= 11 is 0. The fourth-order valence-electron chi connectivity index (χ4n) is 4.08. The summed E-state index contributed by atoms with van der Waals surface area (Å²) in [7, 11) is 0. The first-order chi connectivity index (χ1) is 9.35. The molecule has 0 bridgehead atoms. The van der Waals surface area contributed by atoms with Crippen molar-refractivity contribution >= 4 is 0 Å². The van der Waals surface area contributed by atoms with Gasteiger partial charge in [-0.15, -0.1) is 0 Å². The third-order valence-corrected chi connectivity index (χ3v) is 5.24. The summed E-state index contributed by atoms with van der Waals surface area (Å²) in [4.78, 5) is 2.89. The van der Waals surface area contributed by atoms with Gasteiger partial charge in [-0.2, -0.15) is 0 Å². The van der Waals surface area contributed by atoms with Crippen molar-refractivity contribution in [3.63, 3.8) is 0 Å². The predicted octanol–water partition coefficient (Wildman–Crippen LogP) is 3.95. The van der Waals surface area contributed by atoms with Crippen molar-refractivity contribution in [1.82, 2.24) is 10.2 Å². The molecule has 1 heterocycles. The van der Waals surface area contributed by atoms with Crippen LogP contribution in [-0.2, 0) is 0 Å². The summed E-state index contributed by atoms with van der Waals surface area (Å²) in [5.74, 6) is 0. The van der Waals surface area contributed by atoms with Gasteiger partial charge >= 0.3 is 0 Å². The van der Waals surface area contributed by atoms with Crippen LogP contribution in [0.25, 0.3) is 0 Å². The largest absolute Gasteiger partial charge is 0.314 e. The van der Waals surface area contributed by atoms with Crippen molar-refractivity contribution in [1.29, 1.82) is 0 Å². The monoisotopic (exact) mass is 266 g/mol. The van der Waals surface area contributed by atoms with Gasteiger partial charge < -0.3 is 5.32 Å². The van der Waals surface area contributed by atoms with Crippen LogP contribution < -0.4 is 5.32 Å². The van der Waals surface area contributed by atoms with Gasteiger partial charge in [0.15, 0.2) is 0 Å². The summed E-state index contributed by atoms with van der Waals surface area (Å²) in [6.45, 7) is 7.23. The molecule has 2 aliphatic rings. The second-order valence-corrected chi connectivity index (χ2v) is 6.61. The topological polar surface area (TPSA) is 15.3 Å². The van der Waals surface area contributed by atoms with Crippen molar-refractivity contribution in [3.05, 3.63) is 0 Å². The zero-order chi connectivity index (χ0) is 13.5. The zero-order valence-electron chi connectivity index (χ0n) is 13.2. The Hall–Kier alpha value is -0.0800. The summed E-state index contributed by atoms with van der Waals surface area (Å²) < 4.78 is 0. The van der Waals surface area contributed by atoms with Crippen molar-refractivity contribution in [3.8, 4) is 0 Å². The smallest absolute Gasteiger partial charge is 0.00993 e. The van der Waals surface area contributed by atoms with Crippen molar-refractivity contribution in [2.24, 2.45) is 0 Å². The molecular weight excluding hydrogens is 232 g/mol. The number of nitrogens with one attached hydrogen (secondary N) is 1. The lowest BCUT2D eigenvalue weighted by molar-refractivity contribution is 0.0958. The summed E-state index contributed by atoms with van der Waals surface area (Å²) in [5.41, 5.74) is 0. The normalized spacial score (nSPS) is 34.1. The third-order valence-electron chi connectivity index (χ3n) is 5.24. The molecule has 0 aromatic heterocycles. The van der Waals surface area contributed by atoms with Gasteiger partial charge in [0.25, 0.3) is 0 Å². The molecule has 112 valence electrons. The van der Waals surface area contributed by atoms with E-state index < -0.39 is 0 Å². The van der Waals surface area contributed by atoms with Crippen LogP contribution in [0.1, 0.15) is 78.1 Å². The first-order valence-electron chi connectivity index (χ1n) is 8.84. The molecule has 1 N–H and O–H groups in total. The minimum atomic E-state index is 0.809. The zero-order valence-corrected chi connectivity index (χ0v) is 13.2. The van der Waals surface area contributed by atoms with Crippen molar-refractivity contribution in [2.45, 2.75) is 96.2 Å². The minimum absolute atomic E-state index is 0.809. The maximum absolute atomic E-state index is 3.71. The average molecular weight is 266 g/mol. The molecule has 19 heavy (non-hydrogen) atoms. The van der Waals surface area contributed by atoms with Crippen LogP contribution in [0, 0.1) is 0 Å². The van der Waals surface area contributed by atoms with Crippen LogP contribution >= 0.6 is 0 Å². The Labute approximate surface area is 120 Å². The Morgan fingerprint density at radius 1 is 0.947 bits per heavy atom. The minimum Gasteiger partial charge on any atom is -0.314 e. The molecule has 2 rings (SSSR count). The molecule has 2 nitrogen and oxygen atoms in total. The van der Waals surface area contributed by atoms with Gasteiger partial charge in [0.2, 0.25) is 0 Å². The van der Waals surface area contributed by atoms with E-state index in [0.29, 0.717) is 0 Å². The molecule has 0 aromatic carbocycles. The van der Waals surface area contributed by atoms with Crippen LogP contribution in [-0.4, -0.2) is 36.1 Å². The molecule has 0 radical (unpaired) electrons. The summed E-state index contributed by atoms with van der Waals surface area (Å²) in [5, 5.41) is 3.71. The molecule has 0 amide bonds. The maximum Gasteiger partial charge on any atom is 0.00993 e. The fourth-order valence-corrected chi connectivity index (χ4v) is 4.08. The van der Waals surface area contributed by atoms with Crippen LogP contribution in [0.2, 0.25) is 0 Å². The molecule has 1 saturated carbocycles. The highest BCUT2D eigenvalue weighted by atomic mass is 15.2. The van der Waals surface area contributed by atoms with Gasteiger partial charge in [-0.1, -0.05) is 26.7 Å². The van der Waals surface area contributed by atoms with E-state index in [0.717, 1.165) is 18.1 Å². The lowest BCUT2D eigenvalue weighted by Crippen LogP contribution is -2.46. The van der Waals surface area contributed by atoms with E-state index in [1.165, 1.54) is 77.3 Å². The Kier molecular flexibility index (Phi) is 6.66. The predicted molar refractivity (Wildman–Crippen MR) is 83.6 cm³/mol. The van der Waals surface area contributed by atoms with Crippen LogP contribution in [0.4, 0.5) is 0 Å². The SMILES string of the molecule is CCCNC1CCC(N2CCCCCC2CC)CC1. The number of nitrogens with zero attached hydrogens (tertiary/aromatic N) is 1. The Morgan fingerprint density at radius 2 is 1.74 bits per heavy atom. The molecule has 0 aromatic rings. The van der Waals surface area contributed by atoms with Gasteiger partial charge in [0, 0.05) is 18.1 Å². The van der Waals surface area contributed by atoms with Gasteiger partial charge in [-0.05, 0) is 64.5 Å². The molecule has 1 unspecified atom stereocenters. The lowest BCUT2D eigenvalue weighted by atomic mass is 9.88. The van der Waals surface area contributed by atoms with E-state index in [-0.39, 0.29) is 0 Å². The Bertz CT molecular complexity index is 233. The van der Waals surface area contributed by atoms with Crippen molar-refractivity contribution in [2.75, 3.05) is 13.1 Å². The van der Waals surface area contributed by atoms with Crippen molar-refractivity contribution < 1.29 is 0 Å². The highest BCUT2D eigenvalue weighted by Gasteiger charge is 2.29. The van der Waals surface area contributed by atoms with Crippen LogP contribution in [0.5, 0.6) is 0 Å². The molecule has 1 aliphatic heterocycles. The summed E-state index contributed by atoms with van der Waals surface area (Å²) in [6.07, 6.45) is 14.1. The highest BCUT2D eigenvalue weighted by molar-refractivity contribution is 4.86. The van der Waals surface area contributed by atoms with Gasteiger partial charge in [-0.25, -0.2) is 0 Å². The first-order valence-corrected chi connectivity index (χ1v) is 8.84. The van der Waals surface area contributed by atoms with Gasteiger partial charge in [0.1, 0.15) is 0 Å². The molecular formula is C17H34N2. The molecule has 0 spiro atoms. The molecule has 2 fully saturated rings.